The van der Waals surface area contributed by atoms with Gasteiger partial charge in [0.25, 0.3) is 15.9 Å². The lowest BCUT2D eigenvalue weighted by Crippen LogP contribution is -2.46. The average Bonchev–Trinajstić information content (AvgIpc) is 3.38. The maximum atomic E-state index is 13.0. The van der Waals surface area contributed by atoms with Crippen molar-refractivity contribution in [3.8, 4) is 0 Å². The minimum atomic E-state index is -3.74. The molecule has 0 spiro atoms. The van der Waals surface area contributed by atoms with E-state index >= 15 is 0 Å². The van der Waals surface area contributed by atoms with E-state index < -0.39 is 16.1 Å². The van der Waals surface area contributed by atoms with E-state index in [2.05, 4.69) is 16.6 Å². The predicted molar refractivity (Wildman–Crippen MR) is 137 cm³/mol. The molecular weight excluding hydrogens is 462 g/mol. The van der Waals surface area contributed by atoms with E-state index in [1.54, 1.807) is 47.4 Å². The normalized spacial score (nSPS) is 18.7. The number of amides is 2. The Morgan fingerprint density at radius 1 is 0.943 bits per heavy atom. The molecule has 2 aromatic rings. The van der Waals surface area contributed by atoms with Crippen LogP contribution in [0.4, 0.5) is 5.69 Å². The summed E-state index contributed by atoms with van der Waals surface area (Å²) in [5.41, 5.74) is 1.98. The first-order valence-electron chi connectivity index (χ1n) is 12.3. The van der Waals surface area contributed by atoms with Crippen LogP contribution in [0, 0.1) is 0 Å². The van der Waals surface area contributed by atoms with Gasteiger partial charge in [-0.15, -0.1) is 6.58 Å². The van der Waals surface area contributed by atoms with Gasteiger partial charge in [-0.2, -0.15) is 0 Å². The van der Waals surface area contributed by atoms with Gasteiger partial charge in [0.1, 0.15) is 6.04 Å². The third-order valence-electron chi connectivity index (χ3n) is 6.89. The summed E-state index contributed by atoms with van der Waals surface area (Å²) in [4.78, 5) is 27.2. The molecule has 1 saturated carbocycles. The summed E-state index contributed by atoms with van der Waals surface area (Å²) in [5, 5.41) is 2.76. The second-order valence-corrected chi connectivity index (χ2v) is 11.0. The van der Waals surface area contributed by atoms with Crippen molar-refractivity contribution in [3.05, 3.63) is 72.3 Å². The monoisotopic (exact) mass is 495 g/mol. The topological polar surface area (TPSA) is 95.6 Å². The Morgan fingerprint density at radius 3 is 2.29 bits per heavy atom. The zero-order chi connectivity index (χ0) is 24.8. The molecule has 2 aliphatic rings. The van der Waals surface area contributed by atoms with Crippen LogP contribution in [0.3, 0.4) is 0 Å². The highest BCUT2D eigenvalue weighted by molar-refractivity contribution is 7.92. The lowest BCUT2D eigenvalue weighted by Gasteiger charge is -2.24. The van der Waals surface area contributed by atoms with Gasteiger partial charge in [0, 0.05) is 24.3 Å². The molecule has 2 fully saturated rings. The summed E-state index contributed by atoms with van der Waals surface area (Å²) in [5.74, 6) is 0.0883. The first-order chi connectivity index (χ1) is 16.9. The van der Waals surface area contributed by atoms with Crippen molar-refractivity contribution in [1.29, 1.82) is 0 Å². The van der Waals surface area contributed by atoms with E-state index in [1.165, 1.54) is 24.8 Å². The molecule has 1 aliphatic carbocycles. The molecule has 0 aromatic heterocycles. The molecule has 1 saturated heterocycles. The van der Waals surface area contributed by atoms with Crippen LogP contribution in [0.2, 0.25) is 0 Å². The highest BCUT2D eigenvalue weighted by atomic mass is 32.2. The lowest BCUT2D eigenvalue weighted by molar-refractivity contribution is -0.124. The maximum absolute atomic E-state index is 13.0. The zero-order valence-corrected chi connectivity index (χ0v) is 20.7. The van der Waals surface area contributed by atoms with Crippen LogP contribution in [-0.2, 0) is 14.8 Å². The standard InChI is InChI=1S/C27H33N3O4S/c1-2-18-28-26(31)25-9-6-19-30(25)27(32)22-10-14-23(15-11-22)29-35(33,34)24-16-12-21(13-17-24)20-7-4-3-5-8-20/h2,10-17,20,25,29H,1,3-9,18-19H2,(H,28,31)/t25-/m0/s1. The molecule has 2 N–H and O–H groups in total. The number of hydrogen-bond acceptors (Lipinski definition) is 4. The molecule has 186 valence electrons. The molecule has 4 rings (SSSR count). The van der Waals surface area contributed by atoms with Gasteiger partial charge in [0.05, 0.1) is 4.90 Å². The minimum absolute atomic E-state index is 0.186. The van der Waals surface area contributed by atoms with Crippen molar-refractivity contribution in [2.24, 2.45) is 0 Å². The lowest BCUT2D eigenvalue weighted by atomic mass is 9.84. The van der Waals surface area contributed by atoms with Gasteiger partial charge in [-0.05, 0) is 73.6 Å². The van der Waals surface area contributed by atoms with Crippen LogP contribution in [0.1, 0.15) is 66.8 Å². The summed E-state index contributed by atoms with van der Waals surface area (Å²) < 4.78 is 28.4. The molecule has 2 aromatic carbocycles. The number of sulfonamides is 1. The van der Waals surface area contributed by atoms with Gasteiger partial charge in [-0.3, -0.25) is 14.3 Å². The first-order valence-corrected chi connectivity index (χ1v) is 13.8. The zero-order valence-electron chi connectivity index (χ0n) is 19.9. The second kappa shape index (κ2) is 11.1. The van der Waals surface area contributed by atoms with E-state index in [-0.39, 0.29) is 16.7 Å². The summed E-state index contributed by atoms with van der Waals surface area (Å²) in [6.07, 6.45) is 9.03. The molecule has 7 nitrogen and oxygen atoms in total. The molecule has 0 unspecified atom stereocenters. The second-order valence-electron chi connectivity index (χ2n) is 9.28. The van der Waals surface area contributed by atoms with Crippen LogP contribution in [0.15, 0.2) is 66.1 Å². The molecule has 2 amide bonds. The van der Waals surface area contributed by atoms with E-state index in [9.17, 15) is 18.0 Å². The predicted octanol–water partition coefficient (Wildman–Crippen LogP) is 4.44. The fourth-order valence-electron chi connectivity index (χ4n) is 4.99. The number of likely N-dealkylation sites (tertiary alicyclic amines) is 1. The van der Waals surface area contributed by atoms with Crippen molar-refractivity contribution in [2.75, 3.05) is 17.8 Å². The van der Waals surface area contributed by atoms with Crippen LogP contribution < -0.4 is 10.0 Å². The van der Waals surface area contributed by atoms with E-state index in [1.807, 2.05) is 12.1 Å². The largest absolute Gasteiger partial charge is 0.351 e. The average molecular weight is 496 g/mol. The Hall–Kier alpha value is -3.13. The number of nitrogens with one attached hydrogen (secondary N) is 2. The third kappa shape index (κ3) is 5.93. The number of carbonyl (C=O) groups is 2. The number of benzene rings is 2. The van der Waals surface area contributed by atoms with Crippen molar-refractivity contribution in [2.45, 2.75) is 61.8 Å². The molecule has 0 radical (unpaired) electrons. The third-order valence-corrected chi connectivity index (χ3v) is 8.29. The van der Waals surface area contributed by atoms with E-state index in [4.69, 9.17) is 0 Å². The van der Waals surface area contributed by atoms with Gasteiger partial charge in [-0.25, -0.2) is 8.42 Å². The fraction of sp³-hybridized carbons (Fsp3) is 0.407. The van der Waals surface area contributed by atoms with Crippen LogP contribution in [-0.4, -0.2) is 44.3 Å². The molecular formula is C27H33N3O4S. The number of hydrogen-bond donors (Lipinski definition) is 2. The summed E-state index contributed by atoms with van der Waals surface area (Å²) in [6.45, 7) is 4.46. The number of carbonyl (C=O) groups excluding carboxylic acids is 2. The van der Waals surface area contributed by atoms with Crippen molar-refractivity contribution < 1.29 is 18.0 Å². The van der Waals surface area contributed by atoms with E-state index in [0.29, 0.717) is 36.7 Å². The van der Waals surface area contributed by atoms with Gasteiger partial charge in [0.15, 0.2) is 0 Å². The molecule has 0 bridgehead atoms. The number of rotatable bonds is 8. The SMILES string of the molecule is C=CCNC(=O)[C@@H]1CCCN1C(=O)c1ccc(NS(=O)(=O)c2ccc(C3CCCCC3)cc2)cc1. The van der Waals surface area contributed by atoms with Crippen LogP contribution in [0.25, 0.3) is 0 Å². The summed E-state index contributed by atoms with van der Waals surface area (Å²) in [7, 11) is -3.74. The maximum Gasteiger partial charge on any atom is 0.261 e. The molecule has 35 heavy (non-hydrogen) atoms. The van der Waals surface area contributed by atoms with Crippen molar-refractivity contribution in [3.63, 3.8) is 0 Å². The number of anilines is 1. The fourth-order valence-corrected chi connectivity index (χ4v) is 6.05. The van der Waals surface area contributed by atoms with Gasteiger partial charge in [-0.1, -0.05) is 37.5 Å². The van der Waals surface area contributed by atoms with Crippen molar-refractivity contribution >= 4 is 27.5 Å². The highest BCUT2D eigenvalue weighted by Gasteiger charge is 2.34. The highest BCUT2D eigenvalue weighted by Crippen LogP contribution is 2.33. The minimum Gasteiger partial charge on any atom is -0.351 e. The van der Waals surface area contributed by atoms with Gasteiger partial charge in [0.2, 0.25) is 5.91 Å². The quantitative estimate of drug-likeness (QED) is 0.529. The van der Waals surface area contributed by atoms with Crippen LogP contribution in [0.5, 0.6) is 0 Å². The Kier molecular flexibility index (Phi) is 7.90. The Bertz CT molecular complexity index is 1150. The summed E-state index contributed by atoms with van der Waals surface area (Å²) in [6, 6.07) is 13.0. The summed E-state index contributed by atoms with van der Waals surface area (Å²) >= 11 is 0. The molecule has 1 aliphatic heterocycles. The Labute approximate surface area is 207 Å². The van der Waals surface area contributed by atoms with Gasteiger partial charge < -0.3 is 10.2 Å². The van der Waals surface area contributed by atoms with Crippen LogP contribution >= 0.6 is 0 Å². The van der Waals surface area contributed by atoms with Gasteiger partial charge >= 0.3 is 0 Å². The smallest absolute Gasteiger partial charge is 0.261 e. The Morgan fingerprint density at radius 2 is 1.63 bits per heavy atom. The first kappa shape index (κ1) is 25.0. The molecule has 1 atom stereocenters. The number of nitrogens with zero attached hydrogens (tertiary/aromatic N) is 1. The Balaban J connectivity index is 1.40. The van der Waals surface area contributed by atoms with Crippen molar-refractivity contribution in [1.82, 2.24) is 10.2 Å². The van der Waals surface area contributed by atoms with E-state index in [0.717, 1.165) is 19.3 Å². The molecule has 1 heterocycles. The molecule has 8 heteroatoms.